The maximum absolute atomic E-state index is 15.2. The van der Waals surface area contributed by atoms with Crippen LogP contribution in [0.15, 0.2) is 48.5 Å². The lowest BCUT2D eigenvalue weighted by Gasteiger charge is -2.28. The molecule has 2 aromatic rings. The van der Waals surface area contributed by atoms with E-state index in [1.807, 2.05) is 0 Å². The number of fused-ring (bicyclic) bond motifs is 3. The Labute approximate surface area is 207 Å². The van der Waals surface area contributed by atoms with Crippen molar-refractivity contribution in [2.45, 2.75) is 37.2 Å². The highest BCUT2D eigenvalue weighted by molar-refractivity contribution is 6.11. The fraction of sp³-hybridized carbons (Fsp3) is 0.375. The molecule has 0 saturated heterocycles. The summed E-state index contributed by atoms with van der Waals surface area (Å²) >= 11 is 0. The van der Waals surface area contributed by atoms with Gasteiger partial charge in [0.25, 0.3) is 23.4 Å². The van der Waals surface area contributed by atoms with Crippen LogP contribution >= 0.6 is 0 Å². The van der Waals surface area contributed by atoms with Crippen molar-refractivity contribution in [3.05, 3.63) is 54.1 Å². The molecule has 3 rings (SSSR count). The predicted molar refractivity (Wildman–Crippen MR) is 120 cm³/mol. The highest BCUT2D eigenvalue weighted by Crippen LogP contribution is 2.40. The lowest BCUT2D eigenvalue weighted by molar-refractivity contribution is -0.283. The van der Waals surface area contributed by atoms with Gasteiger partial charge in [0.15, 0.2) is 0 Å². The number of carbonyl (C=O) groups is 3. The summed E-state index contributed by atoms with van der Waals surface area (Å²) in [5, 5.41) is 13.2. The number of anilines is 1. The summed E-state index contributed by atoms with van der Waals surface area (Å²) < 4.78 is 78.3. The van der Waals surface area contributed by atoms with Crippen molar-refractivity contribution >= 4 is 23.4 Å². The standard InChI is InChI=1S/C24H23F6N3O4/c1-22(25,20(36)31-11-10-23(26,27)24(28,29)30)21(37)32-18-16-8-3-2-6-14(16)15-7-4-5-9-17(15)33(12-13-34)19(18)35/h2-9,18,34H,10-13H2,1H3,(H,31,36)(H,32,37)/t18-,22-/m0/s1. The molecule has 13 heteroatoms. The lowest BCUT2D eigenvalue weighted by Crippen LogP contribution is -2.55. The molecule has 0 spiro atoms. The van der Waals surface area contributed by atoms with Crippen molar-refractivity contribution in [1.29, 1.82) is 0 Å². The van der Waals surface area contributed by atoms with Crippen LogP contribution in [0.1, 0.15) is 24.9 Å². The van der Waals surface area contributed by atoms with Crippen molar-refractivity contribution in [2.75, 3.05) is 24.6 Å². The minimum absolute atomic E-state index is 0.170. The van der Waals surface area contributed by atoms with Crippen molar-refractivity contribution in [2.24, 2.45) is 0 Å². The zero-order valence-electron chi connectivity index (χ0n) is 19.4. The van der Waals surface area contributed by atoms with Crippen LogP contribution in [0, 0.1) is 0 Å². The number of nitrogens with one attached hydrogen (secondary N) is 2. The minimum atomic E-state index is -5.86. The Morgan fingerprint density at radius 3 is 2.16 bits per heavy atom. The van der Waals surface area contributed by atoms with Gasteiger partial charge in [-0.1, -0.05) is 42.5 Å². The number of nitrogens with zero attached hydrogens (tertiary/aromatic N) is 1. The molecule has 0 aliphatic carbocycles. The number of carbonyl (C=O) groups excluding carboxylic acids is 3. The highest BCUT2D eigenvalue weighted by Gasteiger charge is 2.57. The summed E-state index contributed by atoms with van der Waals surface area (Å²) in [6.45, 7) is -1.38. The average molecular weight is 531 g/mol. The van der Waals surface area contributed by atoms with Crippen LogP contribution in [0.4, 0.5) is 32.0 Å². The number of aliphatic hydroxyl groups excluding tert-OH is 1. The molecule has 2 aromatic carbocycles. The Bertz CT molecular complexity index is 1190. The quantitative estimate of drug-likeness (QED) is 0.360. The van der Waals surface area contributed by atoms with Crippen molar-refractivity contribution in [3.8, 4) is 11.1 Å². The second kappa shape index (κ2) is 10.4. The molecule has 1 heterocycles. The van der Waals surface area contributed by atoms with Gasteiger partial charge in [-0.25, -0.2) is 4.39 Å². The maximum Gasteiger partial charge on any atom is 0.453 e. The van der Waals surface area contributed by atoms with E-state index in [-0.39, 0.29) is 12.1 Å². The predicted octanol–water partition coefficient (Wildman–Crippen LogP) is 3.28. The van der Waals surface area contributed by atoms with Gasteiger partial charge < -0.3 is 20.6 Å². The number of halogens is 6. The van der Waals surface area contributed by atoms with E-state index in [1.54, 1.807) is 47.8 Å². The zero-order valence-corrected chi connectivity index (χ0v) is 19.4. The van der Waals surface area contributed by atoms with E-state index in [9.17, 15) is 41.4 Å². The van der Waals surface area contributed by atoms with Gasteiger partial charge in [-0.2, -0.15) is 22.0 Å². The number of amides is 3. The molecule has 0 bridgehead atoms. The third kappa shape index (κ3) is 5.55. The van der Waals surface area contributed by atoms with Gasteiger partial charge in [-0.05, 0) is 24.1 Å². The number of β-amino-alcohol motifs (C(OH)–C–C–N with tert-alkyl or cyclic N) is 1. The molecule has 3 amide bonds. The molecular formula is C24H23F6N3O4. The third-order valence-corrected chi connectivity index (χ3v) is 5.86. The molecule has 2 atom stereocenters. The van der Waals surface area contributed by atoms with Gasteiger partial charge in [0.05, 0.1) is 12.3 Å². The summed E-state index contributed by atoms with van der Waals surface area (Å²) in [7, 11) is 0. The fourth-order valence-electron chi connectivity index (χ4n) is 3.82. The Kier molecular flexibility index (Phi) is 7.86. The number of benzene rings is 2. The molecule has 0 unspecified atom stereocenters. The number of hydrogen-bond donors (Lipinski definition) is 3. The highest BCUT2D eigenvalue weighted by atomic mass is 19.4. The minimum Gasteiger partial charge on any atom is -0.395 e. The normalized spacial score (nSPS) is 17.2. The second-order valence-electron chi connectivity index (χ2n) is 8.44. The van der Waals surface area contributed by atoms with Crippen LogP contribution in [0.2, 0.25) is 0 Å². The maximum atomic E-state index is 15.2. The van der Waals surface area contributed by atoms with E-state index in [0.717, 1.165) is 0 Å². The van der Waals surface area contributed by atoms with Crippen LogP contribution in [0.5, 0.6) is 0 Å². The first kappa shape index (κ1) is 28.0. The number of rotatable bonds is 8. The molecule has 1 aliphatic heterocycles. The molecule has 0 radical (unpaired) electrons. The fourth-order valence-corrected chi connectivity index (χ4v) is 3.82. The van der Waals surface area contributed by atoms with E-state index in [1.165, 1.54) is 11.0 Å². The van der Waals surface area contributed by atoms with Crippen LogP contribution < -0.4 is 15.5 Å². The van der Waals surface area contributed by atoms with Crippen LogP contribution in [0.3, 0.4) is 0 Å². The van der Waals surface area contributed by atoms with Gasteiger partial charge in [0.1, 0.15) is 6.04 Å². The topological polar surface area (TPSA) is 98.7 Å². The van der Waals surface area contributed by atoms with E-state index in [4.69, 9.17) is 0 Å². The smallest absolute Gasteiger partial charge is 0.395 e. The summed E-state index contributed by atoms with van der Waals surface area (Å²) in [4.78, 5) is 39.7. The first-order valence-electron chi connectivity index (χ1n) is 11.1. The van der Waals surface area contributed by atoms with Gasteiger partial charge in [0.2, 0.25) is 0 Å². The molecule has 3 N–H and O–H groups in total. The summed E-state index contributed by atoms with van der Waals surface area (Å²) in [6.07, 6.45) is -7.72. The monoisotopic (exact) mass is 531 g/mol. The van der Waals surface area contributed by atoms with Crippen LogP contribution in [-0.2, 0) is 14.4 Å². The largest absolute Gasteiger partial charge is 0.453 e. The Hall–Kier alpha value is -3.61. The molecule has 7 nitrogen and oxygen atoms in total. The Morgan fingerprint density at radius 1 is 0.946 bits per heavy atom. The van der Waals surface area contributed by atoms with Crippen molar-refractivity contribution in [3.63, 3.8) is 0 Å². The Balaban J connectivity index is 1.85. The van der Waals surface area contributed by atoms with Crippen LogP contribution in [0.25, 0.3) is 11.1 Å². The second-order valence-corrected chi connectivity index (χ2v) is 8.44. The molecule has 0 saturated carbocycles. The van der Waals surface area contributed by atoms with E-state index < -0.39 is 61.1 Å². The molecule has 1 aliphatic rings. The molecule has 200 valence electrons. The SMILES string of the molecule is C[C@](F)(C(=O)NCCC(F)(F)C(F)(F)F)C(=O)N[C@@H]1C(=O)N(CCO)c2ccccc2-c2ccccc21. The van der Waals surface area contributed by atoms with Gasteiger partial charge >= 0.3 is 12.1 Å². The zero-order chi connectivity index (χ0) is 27.6. The van der Waals surface area contributed by atoms with Gasteiger partial charge in [-0.15, -0.1) is 0 Å². The third-order valence-electron chi connectivity index (χ3n) is 5.86. The number of alkyl halides is 6. The molecule has 37 heavy (non-hydrogen) atoms. The number of aliphatic hydroxyl groups is 1. The van der Waals surface area contributed by atoms with Gasteiger partial charge in [-0.3, -0.25) is 14.4 Å². The van der Waals surface area contributed by atoms with Crippen molar-refractivity contribution < 1.29 is 45.8 Å². The Morgan fingerprint density at radius 2 is 1.54 bits per heavy atom. The first-order valence-corrected chi connectivity index (χ1v) is 11.1. The van der Waals surface area contributed by atoms with E-state index in [0.29, 0.717) is 23.7 Å². The van der Waals surface area contributed by atoms with Crippen LogP contribution in [-0.4, -0.2) is 60.3 Å². The van der Waals surface area contributed by atoms with E-state index in [2.05, 4.69) is 5.32 Å². The first-order chi connectivity index (χ1) is 17.2. The average Bonchev–Trinajstić information content (AvgIpc) is 2.93. The molecule has 0 aromatic heterocycles. The van der Waals surface area contributed by atoms with Gasteiger partial charge in [0, 0.05) is 25.1 Å². The van der Waals surface area contributed by atoms with E-state index >= 15 is 4.39 Å². The summed E-state index contributed by atoms with van der Waals surface area (Å²) in [5.74, 6) is -9.25. The summed E-state index contributed by atoms with van der Waals surface area (Å²) in [5.41, 5.74) is -1.66. The number of hydrogen-bond acceptors (Lipinski definition) is 4. The van der Waals surface area contributed by atoms with Crippen molar-refractivity contribution in [1.82, 2.24) is 10.6 Å². The molecule has 0 fully saturated rings. The molecular weight excluding hydrogens is 508 g/mol. The number of para-hydroxylation sites is 1. The lowest BCUT2D eigenvalue weighted by atomic mass is 9.94. The summed E-state index contributed by atoms with van der Waals surface area (Å²) in [6, 6.07) is 11.6.